The van der Waals surface area contributed by atoms with Gasteiger partial charge in [0, 0.05) is 5.69 Å². The van der Waals surface area contributed by atoms with E-state index in [1.165, 1.54) is 19.2 Å². The molecule has 0 bridgehead atoms. The maximum absolute atomic E-state index is 11.6. The molecule has 0 radical (unpaired) electrons. The number of benzene rings is 1. The van der Waals surface area contributed by atoms with Crippen molar-refractivity contribution in [3.8, 4) is 0 Å². The number of aliphatic hydroxyl groups excluding tert-OH is 1. The molecule has 2 rings (SSSR count). The highest BCUT2D eigenvalue weighted by molar-refractivity contribution is 7.89. The number of sulfonamides is 1. The lowest BCUT2D eigenvalue weighted by molar-refractivity contribution is 0.268. The predicted molar refractivity (Wildman–Crippen MR) is 77.1 cm³/mol. The van der Waals surface area contributed by atoms with Crippen molar-refractivity contribution in [2.75, 3.05) is 19.0 Å². The van der Waals surface area contributed by atoms with Gasteiger partial charge in [0.05, 0.1) is 30.8 Å². The third-order valence-electron chi connectivity index (χ3n) is 2.82. The van der Waals surface area contributed by atoms with Gasteiger partial charge in [-0.15, -0.1) is 5.10 Å². The van der Waals surface area contributed by atoms with E-state index < -0.39 is 10.0 Å². The molecule has 0 aliphatic rings. The molecule has 9 heteroatoms. The molecular weight excluding hydrogens is 294 g/mol. The summed E-state index contributed by atoms with van der Waals surface area (Å²) in [6, 6.07) is 6.41. The summed E-state index contributed by atoms with van der Waals surface area (Å²) in [5, 5.41) is 19.7. The number of hydrogen-bond acceptors (Lipinski definition) is 6. The maximum Gasteiger partial charge on any atom is 0.240 e. The third kappa shape index (κ3) is 4.00. The Hall–Kier alpha value is -1.97. The second-order valence-electron chi connectivity index (χ2n) is 4.28. The second-order valence-corrected chi connectivity index (χ2v) is 6.17. The summed E-state index contributed by atoms with van der Waals surface area (Å²) < 4.78 is 27.0. The molecule has 1 heterocycles. The summed E-state index contributed by atoms with van der Waals surface area (Å²) in [6.45, 7) is 0.880. The van der Waals surface area contributed by atoms with Gasteiger partial charge >= 0.3 is 0 Å². The number of anilines is 1. The van der Waals surface area contributed by atoms with Gasteiger partial charge in [-0.1, -0.05) is 5.21 Å². The topological polar surface area (TPSA) is 109 Å². The van der Waals surface area contributed by atoms with E-state index in [2.05, 4.69) is 20.4 Å². The van der Waals surface area contributed by atoms with E-state index in [1.807, 2.05) is 0 Å². The molecule has 8 nitrogen and oxygen atoms in total. The maximum atomic E-state index is 11.6. The summed E-state index contributed by atoms with van der Waals surface area (Å²) in [4.78, 5) is 0.212. The molecule has 0 fully saturated rings. The van der Waals surface area contributed by atoms with Crippen molar-refractivity contribution in [2.45, 2.75) is 18.0 Å². The number of aliphatic hydroxyl groups is 1. The first-order chi connectivity index (χ1) is 10.0. The van der Waals surface area contributed by atoms with Crippen LogP contribution in [0.2, 0.25) is 0 Å². The lowest BCUT2D eigenvalue weighted by Gasteiger charge is -2.06. The SMILES string of the molecule is CNS(=O)(=O)c1ccc(NCc2cn(CCO)nn2)cc1. The van der Waals surface area contributed by atoms with Gasteiger partial charge in [-0.25, -0.2) is 17.8 Å². The minimum atomic E-state index is -3.41. The normalized spacial score (nSPS) is 11.5. The van der Waals surface area contributed by atoms with Crippen molar-refractivity contribution in [1.82, 2.24) is 19.7 Å². The Morgan fingerprint density at radius 2 is 2.00 bits per heavy atom. The van der Waals surface area contributed by atoms with E-state index in [0.717, 1.165) is 11.4 Å². The molecule has 0 amide bonds. The van der Waals surface area contributed by atoms with Crippen LogP contribution in [0.1, 0.15) is 5.69 Å². The number of rotatable bonds is 7. The Balaban J connectivity index is 1.97. The Kier molecular flexibility index (Phi) is 4.89. The lowest BCUT2D eigenvalue weighted by atomic mass is 10.3. The van der Waals surface area contributed by atoms with Crippen molar-refractivity contribution in [3.05, 3.63) is 36.2 Å². The fourth-order valence-electron chi connectivity index (χ4n) is 1.69. The summed E-state index contributed by atoms with van der Waals surface area (Å²) in [6.07, 6.45) is 1.74. The van der Waals surface area contributed by atoms with Crippen LogP contribution in [-0.2, 0) is 23.1 Å². The van der Waals surface area contributed by atoms with Crippen molar-refractivity contribution in [3.63, 3.8) is 0 Å². The molecule has 0 saturated carbocycles. The van der Waals surface area contributed by atoms with Crippen molar-refractivity contribution < 1.29 is 13.5 Å². The molecule has 1 aromatic carbocycles. The molecule has 21 heavy (non-hydrogen) atoms. The van der Waals surface area contributed by atoms with E-state index in [9.17, 15) is 8.42 Å². The molecule has 0 saturated heterocycles. The third-order valence-corrected chi connectivity index (χ3v) is 4.25. The molecule has 0 aliphatic carbocycles. The van der Waals surface area contributed by atoms with Crippen LogP contribution in [-0.4, -0.2) is 42.2 Å². The van der Waals surface area contributed by atoms with Crippen molar-refractivity contribution in [2.24, 2.45) is 0 Å². The number of hydrogen-bond donors (Lipinski definition) is 3. The largest absolute Gasteiger partial charge is 0.394 e. The zero-order valence-corrected chi connectivity index (χ0v) is 12.3. The Morgan fingerprint density at radius 3 is 2.62 bits per heavy atom. The molecule has 2 aromatic rings. The molecule has 0 unspecified atom stereocenters. The van der Waals surface area contributed by atoms with Gasteiger partial charge < -0.3 is 10.4 Å². The average Bonchev–Trinajstić information content (AvgIpc) is 2.94. The van der Waals surface area contributed by atoms with Crippen LogP contribution in [0, 0.1) is 0 Å². The number of nitrogens with one attached hydrogen (secondary N) is 2. The summed E-state index contributed by atoms with van der Waals surface area (Å²) in [7, 11) is -2.04. The van der Waals surface area contributed by atoms with Crippen LogP contribution in [0.4, 0.5) is 5.69 Å². The quantitative estimate of drug-likeness (QED) is 0.653. The minimum Gasteiger partial charge on any atom is -0.394 e. The molecular formula is C12H17N5O3S. The summed E-state index contributed by atoms with van der Waals surface area (Å²) in [5.41, 5.74) is 1.51. The number of nitrogens with zero attached hydrogens (tertiary/aromatic N) is 3. The van der Waals surface area contributed by atoms with Gasteiger partial charge in [-0.2, -0.15) is 0 Å². The van der Waals surface area contributed by atoms with E-state index >= 15 is 0 Å². The zero-order valence-electron chi connectivity index (χ0n) is 11.5. The van der Waals surface area contributed by atoms with Crippen LogP contribution in [0.25, 0.3) is 0 Å². The minimum absolute atomic E-state index is 0.0115. The first kappa shape index (κ1) is 15.4. The molecule has 114 valence electrons. The smallest absolute Gasteiger partial charge is 0.240 e. The number of aromatic nitrogens is 3. The fraction of sp³-hybridized carbons (Fsp3) is 0.333. The van der Waals surface area contributed by atoms with Gasteiger partial charge in [0.15, 0.2) is 0 Å². The predicted octanol–water partition coefficient (Wildman–Crippen LogP) is -0.209. The highest BCUT2D eigenvalue weighted by Gasteiger charge is 2.10. The molecule has 0 aliphatic heterocycles. The lowest BCUT2D eigenvalue weighted by Crippen LogP contribution is -2.18. The van der Waals surface area contributed by atoms with E-state index in [0.29, 0.717) is 13.1 Å². The standard InChI is InChI=1S/C12H17N5O3S/c1-13-21(19,20)12-4-2-10(3-5-12)14-8-11-9-17(6-7-18)16-15-11/h2-5,9,13-14,18H,6-8H2,1H3. The van der Waals surface area contributed by atoms with Gasteiger partial charge in [0.25, 0.3) is 0 Å². The van der Waals surface area contributed by atoms with Gasteiger partial charge in [-0.3, -0.25) is 0 Å². The monoisotopic (exact) mass is 311 g/mol. The second kappa shape index (κ2) is 6.66. The Labute approximate surface area is 122 Å². The van der Waals surface area contributed by atoms with E-state index in [-0.39, 0.29) is 11.5 Å². The van der Waals surface area contributed by atoms with Crippen molar-refractivity contribution >= 4 is 15.7 Å². The first-order valence-electron chi connectivity index (χ1n) is 6.32. The molecule has 0 atom stereocenters. The van der Waals surface area contributed by atoms with E-state index in [4.69, 9.17) is 5.11 Å². The highest BCUT2D eigenvalue weighted by Crippen LogP contribution is 2.14. The Bertz CT molecular complexity index is 681. The van der Waals surface area contributed by atoms with Gasteiger partial charge in [0.1, 0.15) is 5.69 Å². The summed E-state index contributed by atoms with van der Waals surface area (Å²) in [5.74, 6) is 0. The highest BCUT2D eigenvalue weighted by atomic mass is 32.2. The molecule has 3 N–H and O–H groups in total. The van der Waals surface area contributed by atoms with Crippen LogP contribution < -0.4 is 10.0 Å². The van der Waals surface area contributed by atoms with Crippen LogP contribution >= 0.6 is 0 Å². The molecule has 0 spiro atoms. The van der Waals surface area contributed by atoms with E-state index in [1.54, 1.807) is 23.0 Å². The van der Waals surface area contributed by atoms with Crippen LogP contribution in [0.3, 0.4) is 0 Å². The van der Waals surface area contributed by atoms with Gasteiger partial charge in [-0.05, 0) is 31.3 Å². The average molecular weight is 311 g/mol. The van der Waals surface area contributed by atoms with Crippen LogP contribution in [0.15, 0.2) is 35.4 Å². The van der Waals surface area contributed by atoms with Crippen molar-refractivity contribution in [1.29, 1.82) is 0 Å². The van der Waals surface area contributed by atoms with Crippen LogP contribution in [0.5, 0.6) is 0 Å². The van der Waals surface area contributed by atoms with Gasteiger partial charge in [0.2, 0.25) is 10.0 Å². The Morgan fingerprint density at radius 1 is 1.29 bits per heavy atom. The fourth-order valence-corrected chi connectivity index (χ4v) is 2.42. The first-order valence-corrected chi connectivity index (χ1v) is 7.81. The molecule has 1 aromatic heterocycles. The zero-order chi connectivity index (χ0) is 15.3. The summed E-state index contributed by atoms with van der Waals surface area (Å²) >= 11 is 0.